The van der Waals surface area contributed by atoms with E-state index in [1.807, 2.05) is 18.2 Å². The van der Waals surface area contributed by atoms with Gasteiger partial charge in [-0.2, -0.15) is 0 Å². The molecule has 0 saturated carbocycles. The molecule has 0 spiro atoms. The fourth-order valence-corrected chi connectivity index (χ4v) is 5.17. The van der Waals surface area contributed by atoms with Gasteiger partial charge in [0.1, 0.15) is 6.04 Å². The highest BCUT2D eigenvalue weighted by molar-refractivity contribution is 7.18. The van der Waals surface area contributed by atoms with E-state index in [-0.39, 0.29) is 11.9 Å². The maximum Gasteiger partial charge on any atom is 0.340 e. The number of amides is 1. The second kappa shape index (κ2) is 9.36. The molecule has 6 nitrogen and oxygen atoms in total. The van der Waals surface area contributed by atoms with E-state index in [1.54, 1.807) is 42.5 Å². The molecular formula is C23H26N3O3S+. The molecule has 0 aliphatic carbocycles. The van der Waals surface area contributed by atoms with Crippen molar-refractivity contribution in [3.8, 4) is 0 Å². The van der Waals surface area contributed by atoms with Gasteiger partial charge in [-0.25, -0.2) is 9.78 Å². The van der Waals surface area contributed by atoms with Crippen LogP contribution in [0.5, 0.6) is 0 Å². The molecule has 2 heterocycles. The number of hydrogen-bond acceptors (Lipinski definition) is 5. The average molecular weight is 425 g/mol. The summed E-state index contributed by atoms with van der Waals surface area (Å²) in [5, 5.41) is 4.02. The Hall–Kier alpha value is -2.77. The highest BCUT2D eigenvalue weighted by atomic mass is 32.1. The number of aromatic nitrogens is 1. The standard InChI is InChI=1S/C23H25N3O3S/c1-2-29-23(28)16-9-3-4-10-17(16)24-21(27)15-26-14-8-7-12-19(26)22-25-18-11-5-6-13-20(18)30-22/h3-6,9-11,13,19H,2,7-8,12,14-15H2,1H3,(H,24,27)/p+1/t19-/m0/s1. The van der Waals surface area contributed by atoms with Crippen LogP contribution in [0.2, 0.25) is 0 Å². The summed E-state index contributed by atoms with van der Waals surface area (Å²) in [6, 6.07) is 15.4. The number of piperidine rings is 1. The third-order valence-electron chi connectivity index (χ3n) is 5.43. The molecule has 7 heteroatoms. The zero-order chi connectivity index (χ0) is 20.9. The van der Waals surface area contributed by atoms with Crippen LogP contribution in [0, 0.1) is 0 Å². The maximum atomic E-state index is 12.9. The van der Waals surface area contributed by atoms with Gasteiger partial charge in [0.2, 0.25) is 0 Å². The van der Waals surface area contributed by atoms with Crippen molar-refractivity contribution in [2.75, 3.05) is 25.0 Å². The molecule has 1 saturated heterocycles. The number of likely N-dealkylation sites (tertiary alicyclic amines) is 1. The number of rotatable bonds is 6. The van der Waals surface area contributed by atoms with E-state index >= 15 is 0 Å². The lowest BCUT2D eigenvalue weighted by atomic mass is 10.0. The Morgan fingerprint density at radius 2 is 1.97 bits per heavy atom. The number of quaternary nitrogens is 1. The first-order chi connectivity index (χ1) is 14.7. The van der Waals surface area contributed by atoms with Crippen LogP contribution in [0.3, 0.4) is 0 Å². The summed E-state index contributed by atoms with van der Waals surface area (Å²) in [4.78, 5) is 31.1. The minimum absolute atomic E-state index is 0.102. The summed E-state index contributed by atoms with van der Waals surface area (Å²) in [6.07, 6.45) is 3.28. The number of anilines is 1. The van der Waals surface area contributed by atoms with Gasteiger partial charge in [0, 0.05) is 6.42 Å². The van der Waals surface area contributed by atoms with Crippen molar-refractivity contribution in [1.82, 2.24) is 4.98 Å². The Morgan fingerprint density at radius 1 is 1.17 bits per heavy atom. The van der Waals surface area contributed by atoms with E-state index in [2.05, 4.69) is 11.4 Å². The van der Waals surface area contributed by atoms with E-state index in [4.69, 9.17) is 9.72 Å². The summed E-state index contributed by atoms with van der Waals surface area (Å²) in [5.41, 5.74) is 1.90. The lowest BCUT2D eigenvalue weighted by Crippen LogP contribution is -3.14. The van der Waals surface area contributed by atoms with Gasteiger partial charge >= 0.3 is 5.97 Å². The number of esters is 1. The molecule has 0 bridgehead atoms. The fourth-order valence-electron chi connectivity index (χ4n) is 4.01. The number of benzene rings is 2. The predicted molar refractivity (Wildman–Crippen MR) is 118 cm³/mol. The first-order valence-corrected chi connectivity index (χ1v) is 11.2. The highest BCUT2D eigenvalue weighted by Gasteiger charge is 2.32. The van der Waals surface area contributed by atoms with Crippen LogP contribution in [-0.2, 0) is 9.53 Å². The van der Waals surface area contributed by atoms with Crippen LogP contribution in [-0.4, -0.2) is 36.6 Å². The number of hydrogen-bond donors (Lipinski definition) is 2. The third kappa shape index (κ3) is 4.52. The third-order valence-corrected chi connectivity index (χ3v) is 6.58. The van der Waals surface area contributed by atoms with E-state index in [0.29, 0.717) is 24.4 Å². The SMILES string of the molecule is CCOC(=O)c1ccccc1NC(=O)C[NH+]1CCCC[C@H]1c1nc2ccccc2s1. The van der Waals surface area contributed by atoms with Gasteiger partial charge in [0.15, 0.2) is 11.6 Å². The Bertz CT molecular complexity index is 1020. The molecule has 1 fully saturated rings. The number of carbonyl (C=O) groups is 2. The minimum Gasteiger partial charge on any atom is -0.462 e. The first kappa shape index (κ1) is 20.5. The van der Waals surface area contributed by atoms with Gasteiger partial charge in [0.25, 0.3) is 5.91 Å². The monoisotopic (exact) mass is 424 g/mol. The first-order valence-electron chi connectivity index (χ1n) is 10.4. The van der Waals surface area contributed by atoms with Crippen molar-refractivity contribution in [2.45, 2.75) is 32.2 Å². The molecule has 30 heavy (non-hydrogen) atoms. The molecule has 4 rings (SSSR count). The molecule has 156 valence electrons. The van der Waals surface area contributed by atoms with Crippen LogP contribution >= 0.6 is 11.3 Å². The molecule has 3 aromatic rings. The zero-order valence-electron chi connectivity index (χ0n) is 17.0. The van der Waals surface area contributed by atoms with E-state index in [0.717, 1.165) is 36.3 Å². The number of ether oxygens (including phenoxy) is 1. The van der Waals surface area contributed by atoms with Gasteiger partial charge in [-0.1, -0.05) is 24.3 Å². The summed E-state index contributed by atoms with van der Waals surface area (Å²) in [6.45, 7) is 3.34. The molecular weight excluding hydrogens is 398 g/mol. The van der Waals surface area contributed by atoms with E-state index < -0.39 is 5.97 Å². The highest BCUT2D eigenvalue weighted by Crippen LogP contribution is 2.28. The van der Waals surface area contributed by atoms with E-state index in [9.17, 15) is 9.59 Å². The Morgan fingerprint density at radius 3 is 2.80 bits per heavy atom. The molecule has 2 aromatic carbocycles. The summed E-state index contributed by atoms with van der Waals surface area (Å²) < 4.78 is 6.29. The molecule has 2 atom stereocenters. The molecule has 0 radical (unpaired) electrons. The summed E-state index contributed by atoms with van der Waals surface area (Å²) in [5.74, 6) is -0.527. The lowest BCUT2D eigenvalue weighted by Gasteiger charge is -2.30. The van der Waals surface area contributed by atoms with Crippen molar-refractivity contribution in [3.63, 3.8) is 0 Å². The smallest absolute Gasteiger partial charge is 0.340 e. The summed E-state index contributed by atoms with van der Waals surface area (Å²) >= 11 is 1.73. The second-order valence-corrected chi connectivity index (χ2v) is 8.53. The lowest BCUT2D eigenvalue weighted by molar-refractivity contribution is -0.929. The maximum absolute atomic E-state index is 12.9. The van der Waals surface area contributed by atoms with Crippen LogP contribution in [0.15, 0.2) is 48.5 Å². The number of para-hydroxylation sites is 2. The fraction of sp³-hybridized carbons (Fsp3) is 0.348. The van der Waals surface area contributed by atoms with Crippen LogP contribution in [0.1, 0.15) is 47.6 Å². The van der Waals surface area contributed by atoms with E-state index in [1.165, 1.54) is 9.60 Å². The second-order valence-electron chi connectivity index (χ2n) is 7.47. The number of carbonyl (C=O) groups excluding carboxylic acids is 2. The van der Waals surface area contributed by atoms with Gasteiger partial charge in [-0.3, -0.25) is 4.79 Å². The minimum atomic E-state index is -0.425. The average Bonchev–Trinajstić information content (AvgIpc) is 3.18. The number of nitrogens with zero attached hydrogens (tertiary/aromatic N) is 1. The number of fused-ring (bicyclic) bond motifs is 1. The van der Waals surface area contributed by atoms with Crippen LogP contribution in [0.4, 0.5) is 5.69 Å². The topological polar surface area (TPSA) is 72.7 Å². The van der Waals surface area contributed by atoms with Crippen molar-refractivity contribution in [2.24, 2.45) is 0 Å². The normalized spacial score (nSPS) is 18.8. The van der Waals surface area contributed by atoms with Crippen molar-refractivity contribution < 1.29 is 19.2 Å². The van der Waals surface area contributed by atoms with Gasteiger partial charge in [0.05, 0.1) is 34.6 Å². The molecule has 2 N–H and O–H groups in total. The molecule has 1 unspecified atom stereocenters. The molecule has 1 aromatic heterocycles. The van der Waals surface area contributed by atoms with Gasteiger partial charge in [-0.05, 0) is 44.0 Å². The Balaban J connectivity index is 1.48. The van der Waals surface area contributed by atoms with Crippen LogP contribution < -0.4 is 10.2 Å². The number of nitrogens with one attached hydrogen (secondary N) is 2. The molecule has 1 aliphatic rings. The molecule has 1 aliphatic heterocycles. The number of thiazole rings is 1. The van der Waals surface area contributed by atoms with Gasteiger partial charge < -0.3 is 15.0 Å². The van der Waals surface area contributed by atoms with Gasteiger partial charge in [-0.15, -0.1) is 11.3 Å². The largest absolute Gasteiger partial charge is 0.462 e. The van der Waals surface area contributed by atoms with Crippen LogP contribution in [0.25, 0.3) is 10.2 Å². The Kier molecular flexibility index (Phi) is 6.40. The van der Waals surface area contributed by atoms with Crippen molar-refractivity contribution in [3.05, 3.63) is 59.1 Å². The summed E-state index contributed by atoms with van der Waals surface area (Å²) in [7, 11) is 0. The quantitative estimate of drug-likeness (QED) is 0.596. The Labute approximate surface area is 179 Å². The molecule has 1 amide bonds. The van der Waals surface area contributed by atoms with Crippen molar-refractivity contribution >= 4 is 39.1 Å². The van der Waals surface area contributed by atoms with Crippen molar-refractivity contribution in [1.29, 1.82) is 0 Å². The zero-order valence-corrected chi connectivity index (χ0v) is 17.8. The predicted octanol–water partition coefficient (Wildman–Crippen LogP) is 3.22.